The molecule has 0 radical (unpaired) electrons. The smallest absolute Gasteiger partial charge is 0.339 e. The van der Waals surface area contributed by atoms with E-state index in [-0.39, 0.29) is 30.7 Å². The zero-order valence-corrected chi connectivity index (χ0v) is 18.2. The van der Waals surface area contributed by atoms with Crippen LogP contribution in [0.2, 0.25) is 0 Å². The Balaban J connectivity index is 1.47. The van der Waals surface area contributed by atoms with Crippen molar-refractivity contribution in [2.45, 2.75) is 58.4 Å². The number of hydrogen-bond acceptors (Lipinski definition) is 7. The maximum atomic E-state index is 12.7. The van der Waals surface area contributed by atoms with Gasteiger partial charge in [0.15, 0.2) is 5.82 Å². The molecule has 0 aliphatic heterocycles. The summed E-state index contributed by atoms with van der Waals surface area (Å²) in [4.78, 5) is 29.7. The molecule has 164 valence electrons. The van der Waals surface area contributed by atoms with Crippen LogP contribution in [-0.2, 0) is 11.2 Å². The fourth-order valence-electron chi connectivity index (χ4n) is 3.67. The molecule has 1 N–H and O–H groups in total. The average Bonchev–Trinajstić information content (AvgIpc) is 3.48. The highest BCUT2D eigenvalue weighted by Crippen LogP contribution is 2.38. The first kappa shape index (κ1) is 21.1. The SMILES string of the molecule is COc1ccc2c(C)c(CCC(=O)NC(c3nc(C4CC4)no3)C(C)C)c(=O)oc2c1. The van der Waals surface area contributed by atoms with Gasteiger partial charge >= 0.3 is 5.63 Å². The van der Waals surface area contributed by atoms with Gasteiger partial charge in [-0.15, -0.1) is 0 Å². The fraction of sp³-hybridized carbons (Fsp3) is 0.478. The second-order valence-corrected chi connectivity index (χ2v) is 8.41. The lowest BCUT2D eigenvalue weighted by Gasteiger charge is -2.18. The largest absolute Gasteiger partial charge is 0.497 e. The number of methoxy groups -OCH3 is 1. The van der Waals surface area contributed by atoms with Gasteiger partial charge in [-0.2, -0.15) is 4.98 Å². The Morgan fingerprint density at radius 2 is 2.10 bits per heavy atom. The molecule has 0 spiro atoms. The first-order valence-electron chi connectivity index (χ1n) is 10.6. The Morgan fingerprint density at radius 1 is 1.32 bits per heavy atom. The number of fused-ring (bicyclic) bond motifs is 1. The van der Waals surface area contributed by atoms with E-state index >= 15 is 0 Å². The molecule has 1 aromatic carbocycles. The summed E-state index contributed by atoms with van der Waals surface area (Å²) < 4.78 is 16.1. The molecule has 0 bridgehead atoms. The molecule has 2 aromatic heterocycles. The zero-order chi connectivity index (χ0) is 22.1. The number of carbonyl (C=O) groups excluding carboxylic acids is 1. The normalized spacial score (nSPS) is 14.7. The van der Waals surface area contributed by atoms with Gasteiger partial charge in [0.05, 0.1) is 7.11 Å². The Hall–Kier alpha value is -3.16. The molecule has 1 unspecified atom stereocenters. The van der Waals surface area contributed by atoms with Crippen molar-refractivity contribution in [2.75, 3.05) is 7.11 Å². The molecule has 1 aliphatic rings. The molecule has 1 fully saturated rings. The van der Waals surface area contributed by atoms with E-state index < -0.39 is 5.63 Å². The van der Waals surface area contributed by atoms with Crippen LogP contribution in [0.3, 0.4) is 0 Å². The minimum Gasteiger partial charge on any atom is -0.497 e. The van der Waals surface area contributed by atoms with Crippen LogP contribution < -0.4 is 15.7 Å². The molecule has 2 heterocycles. The lowest BCUT2D eigenvalue weighted by Crippen LogP contribution is -2.32. The summed E-state index contributed by atoms with van der Waals surface area (Å²) in [6.45, 7) is 5.85. The summed E-state index contributed by atoms with van der Waals surface area (Å²) in [5.41, 5.74) is 1.35. The molecular formula is C23H27N3O5. The highest BCUT2D eigenvalue weighted by molar-refractivity contribution is 5.82. The van der Waals surface area contributed by atoms with Gasteiger partial charge in [-0.1, -0.05) is 19.0 Å². The summed E-state index contributed by atoms with van der Waals surface area (Å²) in [6.07, 6.45) is 2.60. The third-order valence-corrected chi connectivity index (χ3v) is 5.75. The van der Waals surface area contributed by atoms with E-state index in [2.05, 4.69) is 15.5 Å². The van der Waals surface area contributed by atoms with Gasteiger partial charge in [0, 0.05) is 29.4 Å². The molecular weight excluding hydrogens is 398 g/mol. The van der Waals surface area contributed by atoms with Gasteiger partial charge in [0.2, 0.25) is 11.8 Å². The van der Waals surface area contributed by atoms with Crippen molar-refractivity contribution in [1.29, 1.82) is 0 Å². The Labute approximate surface area is 180 Å². The van der Waals surface area contributed by atoms with E-state index in [0.29, 0.717) is 28.7 Å². The monoisotopic (exact) mass is 425 g/mol. The summed E-state index contributed by atoms with van der Waals surface area (Å²) in [5, 5.41) is 7.86. The van der Waals surface area contributed by atoms with E-state index in [1.54, 1.807) is 13.2 Å². The Kier molecular flexibility index (Phi) is 5.80. The molecule has 8 nitrogen and oxygen atoms in total. The van der Waals surface area contributed by atoms with Crippen LogP contribution in [0, 0.1) is 12.8 Å². The molecule has 1 amide bonds. The summed E-state index contributed by atoms with van der Waals surface area (Å²) in [6, 6.07) is 5.00. The van der Waals surface area contributed by atoms with Crippen molar-refractivity contribution in [1.82, 2.24) is 15.5 Å². The van der Waals surface area contributed by atoms with Crippen LogP contribution in [0.5, 0.6) is 5.75 Å². The molecule has 1 saturated carbocycles. The number of aryl methyl sites for hydroxylation is 1. The first-order valence-corrected chi connectivity index (χ1v) is 10.6. The number of nitrogens with one attached hydrogen (secondary N) is 1. The van der Waals surface area contributed by atoms with E-state index in [9.17, 15) is 9.59 Å². The number of hydrogen-bond donors (Lipinski definition) is 1. The highest BCUT2D eigenvalue weighted by atomic mass is 16.5. The lowest BCUT2D eigenvalue weighted by molar-refractivity contribution is -0.122. The third kappa shape index (κ3) is 4.47. The number of benzene rings is 1. The predicted molar refractivity (Wildman–Crippen MR) is 114 cm³/mol. The minimum atomic E-state index is -0.433. The molecule has 3 aromatic rings. The predicted octanol–water partition coefficient (Wildman–Crippen LogP) is 3.82. The van der Waals surface area contributed by atoms with Crippen molar-refractivity contribution in [3.8, 4) is 5.75 Å². The van der Waals surface area contributed by atoms with Crippen molar-refractivity contribution < 1.29 is 18.5 Å². The number of rotatable bonds is 8. The molecule has 4 rings (SSSR count). The Bertz CT molecular complexity index is 1160. The van der Waals surface area contributed by atoms with E-state index in [4.69, 9.17) is 13.7 Å². The van der Waals surface area contributed by atoms with Crippen LogP contribution in [-0.4, -0.2) is 23.2 Å². The molecule has 31 heavy (non-hydrogen) atoms. The van der Waals surface area contributed by atoms with Crippen LogP contribution >= 0.6 is 0 Å². The van der Waals surface area contributed by atoms with Crippen molar-refractivity contribution in [3.05, 3.63) is 51.5 Å². The number of aromatic nitrogens is 2. The third-order valence-electron chi connectivity index (χ3n) is 5.75. The van der Waals surface area contributed by atoms with Crippen molar-refractivity contribution in [3.63, 3.8) is 0 Å². The van der Waals surface area contributed by atoms with Crippen LogP contribution in [0.25, 0.3) is 11.0 Å². The van der Waals surface area contributed by atoms with Gasteiger partial charge < -0.3 is 19.0 Å². The minimum absolute atomic E-state index is 0.0823. The molecule has 1 aliphatic carbocycles. The van der Waals surface area contributed by atoms with Crippen molar-refractivity contribution in [2.24, 2.45) is 5.92 Å². The maximum absolute atomic E-state index is 12.7. The quantitative estimate of drug-likeness (QED) is 0.547. The standard InChI is InChI=1S/C23H27N3O5/c1-12(2)20(22-25-21(26-31-22)14-5-6-14)24-19(27)10-9-17-13(3)16-8-7-15(29-4)11-18(16)30-23(17)28/h7-8,11-12,14,20H,5-6,9-10H2,1-4H3,(H,24,27). The van der Waals surface area contributed by atoms with Crippen LogP contribution in [0.1, 0.15) is 67.9 Å². The van der Waals surface area contributed by atoms with E-state index in [1.807, 2.05) is 32.9 Å². The second-order valence-electron chi connectivity index (χ2n) is 8.41. The maximum Gasteiger partial charge on any atom is 0.339 e. The van der Waals surface area contributed by atoms with Gasteiger partial charge in [-0.3, -0.25) is 4.79 Å². The van der Waals surface area contributed by atoms with Crippen LogP contribution in [0.15, 0.2) is 31.9 Å². The number of ether oxygens (including phenoxy) is 1. The first-order chi connectivity index (χ1) is 14.9. The zero-order valence-electron chi connectivity index (χ0n) is 18.2. The number of amides is 1. The second kappa shape index (κ2) is 8.53. The van der Waals surface area contributed by atoms with Gasteiger partial charge in [-0.05, 0) is 49.8 Å². The number of carbonyl (C=O) groups is 1. The topological polar surface area (TPSA) is 107 Å². The van der Waals surface area contributed by atoms with Gasteiger partial charge in [0.25, 0.3) is 0 Å². The number of nitrogens with zero attached hydrogens (tertiary/aromatic N) is 2. The fourth-order valence-corrected chi connectivity index (χ4v) is 3.67. The van der Waals surface area contributed by atoms with E-state index in [1.165, 1.54) is 0 Å². The van der Waals surface area contributed by atoms with E-state index in [0.717, 1.165) is 29.6 Å². The van der Waals surface area contributed by atoms with Gasteiger partial charge in [0.1, 0.15) is 17.4 Å². The molecule has 0 saturated heterocycles. The van der Waals surface area contributed by atoms with Gasteiger partial charge in [-0.25, -0.2) is 4.79 Å². The van der Waals surface area contributed by atoms with Crippen LogP contribution in [0.4, 0.5) is 0 Å². The lowest BCUT2D eigenvalue weighted by atomic mass is 10.0. The highest BCUT2D eigenvalue weighted by Gasteiger charge is 2.31. The summed E-state index contributed by atoms with van der Waals surface area (Å²) in [7, 11) is 1.56. The molecule has 8 heteroatoms. The molecule has 1 atom stereocenters. The van der Waals surface area contributed by atoms with Crippen molar-refractivity contribution >= 4 is 16.9 Å². The average molecular weight is 425 g/mol. The Morgan fingerprint density at radius 3 is 2.77 bits per heavy atom. The summed E-state index contributed by atoms with van der Waals surface area (Å²) in [5.74, 6) is 2.05. The summed E-state index contributed by atoms with van der Waals surface area (Å²) >= 11 is 0.